The highest BCUT2D eigenvalue weighted by atomic mass is 19.1. The fraction of sp³-hybridized carbons (Fsp3) is 0.188. The lowest BCUT2D eigenvalue weighted by Gasteiger charge is -2.23. The Morgan fingerprint density at radius 1 is 1.00 bits per heavy atom. The Labute approximate surface area is 116 Å². The number of nitrogens with one attached hydrogen (secondary N) is 1. The van der Waals surface area contributed by atoms with Gasteiger partial charge in [-0.05, 0) is 42.7 Å². The monoisotopic (exact) mass is 272 g/mol. The van der Waals surface area contributed by atoms with Crippen molar-refractivity contribution >= 4 is 5.71 Å². The Morgan fingerprint density at radius 2 is 1.75 bits per heavy atom. The minimum atomic E-state index is -0.266. The van der Waals surface area contributed by atoms with E-state index in [4.69, 9.17) is 0 Å². The van der Waals surface area contributed by atoms with Gasteiger partial charge in [0.25, 0.3) is 0 Å². The van der Waals surface area contributed by atoms with Crippen LogP contribution >= 0.6 is 0 Å². The van der Waals surface area contributed by atoms with Gasteiger partial charge in [0.2, 0.25) is 0 Å². The second-order valence-corrected chi connectivity index (χ2v) is 4.84. The van der Waals surface area contributed by atoms with Crippen LogP contribution in [0.1, 0.15) is 30.0 Å². The highest BCUT2D eigenvalue weighted by Crippen LogP contribution is 2.24. The molecule has 2 nitrogen and oxygen atoms in total. The summed E-state index contributed by atoms with van der Waals surface area (Å²) in [5.74, 6) is -0.512. The van der Waals surface area contributed by atoms with Crippen LogP contribution in [-0.4, -0.2) is 5.71 Å². The average molecular weight is 272 g/mol. The fourth-order valence-electron chi connectivity index (χ4n) is 2.40. The van der Waals surface area contributed by atoms with Gasteiger partial charge in [0.05, 0.1) is 11.8 Å². The van der Waals surface area contributed by atoms with Gasteiger partial charge in [-0.25, -0.2) is 8.78 Å². The minimum Gasteiger partial charge on any atom is -0.302 e. The van der Waals surface area contributed by atoms with Crippen LogP contribution in [0.25, 0.3) is 0 Å². The third-order valence-corrected chi connectivity index (χ3v) is 3.43. The van der Waals surface area contributed by atoms with Gasteiger partial charge in [-0.2, -0.15) is 5.10 Å². The van der Waals surface area contributed by atoms with Crippen LogP contribution in [0.5, 0.6) is 0 Å². The van der Waals surface area contributed by atoms with Gasteiger partial charge in [-0.1, -0.05) is 24.3 Å². The summed E-state index contributed by atoms with van der Waals surface area (Å²) in [5, 5.41) is 4.31. The second-order valence-electron chi connectivity index (χ2n) is 4.84. The topological polar surface area (TPSA) is 24.4 Å². The van der Waals surface area contributed by atoms with Gasteiger partial charge in [-0.15, -0.1) is 0 Å². The van der Waals surface area contributed by atoms with Crippen LogP contribution in [0, 0.1) is 11.6 Å². The van der Waals surface area contributed by atoms with Crippen LogP contribution in [0.3, 0.4) is 0 Å². The van der Waals surface area contributed by atoms with Crippen molar-refractivity contribution in [2.45, 2.75) is 18.9 Å². The summed E-state index contributed by atoms with van der Waals surface area (Å²) in [7, 11) is 0. The van der Waals surface area contributed by atoms with E-state index in [2.05, 4.69) is 10.5 Å². The maximum Gasteiger partial charge on any atom is 0.123 e. The molecule has 3 rings (SSSR count). The minimum absolute atomic E-state index is 0.00279. The van der Waals surface area contributed by atoms with E-state index in [9.17, 15) is 8.78 Å². The highest BCUT2D eigenvalue weighted by Gasteiger charge is 2.18. The molecule has 0 unspecified atom stereocenters. The van der Waals surface area contributed by atoms with Crippen molar-refractivity contribution in [3.8, 4) is 0 Å². The maximum absolute atomic E-state index is 13.2. The van der Waals surface area contributed by atoms with Gasteiger partial charge >= 0.3 is 0 Å². The molecule has 1 aliphatic rings. The Morgan fingerprint density at radius 3 is 2.40 bits per heavy atom. The molecule has 1 N–H and O–H groups in total. The smallest absolute Gasteiger partial charge is 0.123 e. The van der Waals surface area contributed by atoms with E-state index in [1.54, 1.807) is 12.1 Å². The molecule has 0 aliphatic carbocycles. The van der Waals surface area contributed by atoms with Gasteiger partial charge < -0.3 is 5.43 Å². The number of benzene rings is 2. The lowest BCUT2D eigenvalue weighted by atomic mass is 9.96. The Hall–Kier alpha value is -2.23. The zero-order valence-corrected chi connectivity index (χ0v) is 10.8. The predicted molar refractivity (Wildman–Crippen MR) is 74.4 cm³/mol. The molecule has 1 atom stereocenters. The van der Waals surface area contributed by atoms with Crippen molar-refractivity contribution in [1.29, 1.82) is 0 Å². The zero-order chi connectivity index (χ0) is 13.9. The molecule has 0 spiro atoms. The van der Waals surface area contributed by atoms with Gasteiger partial charge in [0.1, 0.15) is 11.6 Å². The molecule has 1 aliphatic heterocycles. The normalized spacial score (nSPS) is 18.3. The molecule has 102 valence electrons. The molecular weight excluding hydrogens is 258 g/mol. The summed E-state index contributed by atoms with van der Waals surface area (Å²) in [6.07, 6.45) is 1.54. The predicted octanol–water partition coefficient (Wildman–Crippen LogP) is 3.79. The number of hydrazone groups is 1. The SMILES string of the molecule is Fc1cccc(C2=NN[C@@H](c3cccc(F)c3)CC2)c1. The third kappa shape index (κ3) is 2.69. The van der Waals surface area contributed by atoms with Crippen molar-refractivity contribution in [1.82, 2.24) is 5.43 Å². The quantitative estimate of drug-likeness (QED) is 0.883. The van der Waals surface area contributed by atoms with Gasteiger partial charge in [0.15, 0.2) is 0 Å². The summed E-state index contributed by atoms with van der Waals surface area (Å²) >= 11 is 0. The summed E-state index contributed by atoms with van der Waals surface area (Å²) in [6, 6.07) is 12.9. The summed E-state index contributed by atoms with van der Waals surface area (Å²) in [4.78, 5) is 0. The summed E-state index contributed by atoms with van der Waals surface area (Å²) < 4.78 is 26.4. The molecule has 4 heteroatoms. The Bertz CT molecular complexity index is 652. The summed E-state index contributed by atoms with van der Waals surface area (Å²) in [6.45, 7) is 0. The molecule has 0 amide bonds. The molecule has 0 radical (unpaired) electrons. The maximum atomic E-state index is 13.2. The first-order chi connectivity index (χ1) is 9.72. The van der Waals surface area contributed by atoms with Gasteiger partial charge in [-0.3, -0.25) is 0 Å². The van der Waals surface area contributed by atoms with E-state index in [0.717, 1.165) is 29.7 Å². The molecule has 0 bridgehead atoms. The molecule has 0 saturated heterocycles. The first-order valence-electron chi connectivity index (χ1n) is 6.56. The van der Waals surface area contributed by atoms with Crippen molar-refractivity contribution in [2.75, 3.05) is 0 Å². The molecule has 0 saturated carbocycles. The zero-order valence-electron chi connectivity index (χ0n) is 10.8. The number of hydrogen-bond donors (Lipinski definition) is 1. The second kappa shape index (κ2) is 5.41. The number of halogens is 2. The van der Waals surface area contributed by atoms with E-state index in [0.29, 0.717) is 0 Å². The van der Waals surface area contributed by atoms with E-state index < -0.39 is 0 Å². The van der Waals surface area contributed by atoms with Gasteiger partial charge in [0, 0.05) is 5.56 Å². The number of rotatable bonds is 2. The van der Waals surface area contributed by atoms with E-state index in [-0.39, 0.29) is 17.7 Å². The fourth-order valence-corrected chi connectivity index (χ4v) is 2.40. The first-order valence-corrected chi connectivity index (χ1v) is 6.56. The van der Waals surface area contributed by atoms with Crippen LogP contribution in [-0.2, 0) is 0 Å². The van der Waals surface area contributed by atoms with Crippen molar-refractivity contribution in [3.05, 3.63) is 71.3 Å². The van der Waals surface area contributed by atoms with Crippen molar-refractivity contribution < 1.29 is 8.78 Å². The third-order valence-electron chi connectivity index (χ3n) is 3.43. The lowest BCUT2D eigenvalue weighted by molar-refractivity contribution is 0.500. The largest absolute Gasteiger partial charge is 0.302 e. The van der Waals surface area contributed by atoms with Crippen molar-refractivity contribution in [3.63, 3.8) is 0 Å². The lowest BCUT2D eigenvalue weighted by Crippen LogP contribution is -2.24. The number of nitrogens with zero attached hydrogens (tertiary/aromatic N) is 1. The Balaban J connectivity index is 1.78. The molecule has 0 aromatic heterocycles. The van der Waals surface area contributed by atoms with Crippen LogP contribution in [0.15, 0.2) is 53.6 Å². The van der Waals surface area contributed by atoms with E-state index >= 15 is 0 Å². The number of hydrogen-bond acceptors (Lipinski definition) is 2. The summed E-state index contributed by atoms with van der Waals surface area (Å²) in [5.41, 5.74) is 5.53. The first kappa shape index (κ1) is 12.8. The molecule has 2 aromatic rings. The van der Waals surface area contributed by atoms with E-state index in [1.165, 1.54) is 24.3 Å². The molecule has 20 heavy (non-hydrogen) atoms. The molecule has 2 aromatic carbocycles. The molecular formula is C16H14F2N2. The molecule has 1 heterocycles. The van der Waals surface area contributed by atoms with Crippen LogP contribution in [0.2, 0.25) is 0 Å². The van der Waals surface area contributed by atoms with E-state index in [1.807, 2.05) is 12.1 Å². The van der Waals surface area contributed by atoms with Crippen LogP contribution < -0.4 is 5.43 Å². The standard InChI is InChI=1S/C16H14F2N2/c17-13-5-1-3-11(9-13)15-7-8-16(20-19-15)12-4-2-6-14(18)10-12/h1-6,9-10,15,19H,7-8H2/t15-/m1/s1. The van der Waals surface area contributed by atoms with Crippen LogP contribution in [0.4, 0.5) is 8.78 Å². The Kier molecular flexibility index (Phi) is 3.46. The molecule has 0 fully saturated rings. The highest BCUT2D eigenvalue weighted by molar-refractivity contribution is 6.00. The van der Waals surface area contributed by atoms with Crippen molar-refractivity contribution in [2.24, 2.45) is 5.10 Å². The average Bonchev–Trinajstić information content (AvgIpc) is 2.47.